The minimum atomic E-state index is -3.37. The monoisotopic (exact) mass is 565 g/mol. The van der Waals surface area contributed by atoms with Crippen molar-refractivity contribution in [2.75, 3.05) is 6.26 Å². The van der Waals surface area contributed by atoms with E-state index < -0.39 is 21.5 Å². The van der Waals surface area contributed by atoms with Crippen molar-refractivity contribution in [2.24, 2.45) is 11.0 Å². The summed E-state index contributed by atoms with van der Waals surface area (Å²) in [5.41, 5.74) is 3.93. The van der Waals surface area contributed by atoms with Gasteiger partial charge < -0.3 is 10.1 Å². The van der Waals surface area contributed by atoms with Crippen LogP contribution in [-0.4, -0.2) is 54.2 Å². The first-order valence-corrected chi connectivity index (χ1v) is 14.1. The third kappa shape index (κ3) is 5.58. The number of nitrogens with zero attached hydrogens (tertiary/aromatic N) is 2. The lowest BCUT2D eigenvalue weighted by atomic mass is 9.73. The normalized spacial score (nSPS) is 23.3. The van der Waals surface area contributed by atoms with Gasteiger partial charge in [-0.05, 0) is 70.1 Å². The number of ether oxygens (including phenoxy) is 1. The number of aromatic amines is 1. The van der Waals surface area contributed by atoms with Gasteiger partial charge in [0.1, 0.15) is 11.4 Å². The summed E-state index contributed by atoms with van der Waals surface area (Å²) in [4.78, 5) is 24.7. The fraction of sp³-hybridized carbons (Fsp3) is 0.478. The molecule has 2 amide bonds. The van der Waals surface area contributed by atoms with E-state index in [1.807, 2.05) is 13.8 Å². The number of aromatic nitrogens is 2. The molecule has 1 aliphatic carbocycles. The van der Waals surface area contributed by atoms with Gasteiger partial charge in [0.2, 0.25) is 0 Å². The Morgan fingerprint density at radius 3 is 2.63 bits per heavy atom. The summed E-state index contributed by atoms with van der Waals surface area (Å²) in [6, 6.07) is 6.41. The summed E-state index contributed by atoms with van der Waals surface area (Å²) >= 11 is 3.47. The fourth-order valence-electron chi connectivity index (χ4n) is 4.79. The molecule has 1 saturated carbocycles. The number of carbonyl (C=O) groups excluding carboxylic acids is 2. The zero-order valence-electron chi connectivity index (χ0n) is 19.7. The minimum Gasteiger partial charge on any atom is -0.435 e. The lowest BCUT2D eigenvalue weighted by molar-refractivity contribution is 0.0154. The predicted molar refractivity (Wildman–Crippen MR) is 133 cm³/mol. The average molecular weight is 566 g/mol. The molecular formula is C23H28BrN5O5S. The zero-order valence-corrected chi connectivity index (χ0v) is 22.1. The standard InChI is InChI=1S/C23H28BrN5O5S/c1-13(25-21(30)19-11-14(2)26-27-19)10-15-6-8-23(9-7-15)20(28-29-22(31)34-23)17-5-4-16(12-18(17)24)35(3,32)33/h4-5,11-13,15H,6-10H2,1-3H3,(H,25,30)(H,26,27)(H,29,31)/t13-,15?,23?/m0/s1. The van der Waals surface area contributed by atoms with Crippen LogP contribution in [0.3, 0.4) is 0 Å². The number of nitrogens with one attached hydrogen (secondary N) is 3. The molecule has 1 aliphatic heterocycles. The Labute approximate surface area is 212 Å². The van der Waals surface area contributed by atoms with Gasteiger partial charge in [0, 0.05) is 28.0 Å². The van der Waals surface area contributed by atoms with Crippen molar-refractivity contribution >= 4 is 43.5 Å². The molecule has 188 valence electrons. The van der Waals surface area contributed by atoms with Crippen LogP contribution in [0.2, 0.25) is 0 Å². The Morgan fingerprint density at radius 2 is 2.03 bits per heavy atom. The van der Waals surface area contributed by atoms with Crippen LogP contribution in [0, 0.1) is 12.8 Å². The maximum absolute atomic E-state index is 12.4. The number of hydrazone groups is 1. The van der Waals surface area contributed by atoms with Crippen LogP contribution >= 0.6 is 15.9 Å². The van der Waals surface area contributed by atoms with Gasteiger partial charge in [-0.15, -0.1) is 0 Å². The molecule has 35 heavy (non-hydrogen) atoms. The van der Waals surface area contributed by atoms with E-state index in [-0.39, 0.29) is 16.8 Å². The van der Waals surface area contributed by atoms with Gasteiger partial charge in [-0.3, -0.25) is 9.89 Å². The molecule has 12 heteroatoms. The smallest absolute Gasteiger partial charge is 0.428 e. The highest BCUT2D eigenvalue weighted by atomic mass is 79.9. The second-order valence-electron chi connectivity index (χ2n) is 9.36. The van der Waals surface area contributed by atoms with Gasteiger partial charge in [0.25, 0.3) is 5.91 Å². The summed E-state index contributed by atoms with van der Waals surface area (Å²) in [6.45, 7) is 3.81. The first kappa shape index (κ1) is 25.4. The number of carbonyl (C=O) groups is 2. The minimum absolute atomic E-state index is 0.0417. The van der Waals surface area contributed by atoms with Crippen molar-refractivity contribution in [3.05, 3.63) is 45.7 Å². The highest BCUT2D eigenvalue weighted by Gasteiger charge is 2.47. The highest BCUT2D eigenvalue weighted by molar-refractivity contribution is 9.10. The van der Waals surface area contributed by atoms with Crippen molar-refractivity contribution in [2.45, 2.75) is 62.5 Å². The van der Waals surface area contributed by atoms with Crippen LogP contribution in [-0.2, 0) is 14.6 Å². The number of aryl methyl sites for hydroxylation is 1. The van der Waals surface area contributed by atoms with Crippen LogP contribution in [0.4, 0.5) is 4.79 Å². The van der Waals surface area contributed by atoms with E-state index in [2.05, 4.69) is 42.0 Å². The molecule has 10 nitrogen and oxygen atoms in total. The number of H-pyrrole nitrogens is 1. The number of rotatable bonds is 6. The third-order valence-corrected chi connectivity index (χ3v) is 8.28. The van der Waals surface area contributed by atoms with Gasteiger partial charge in [-0.2, -0.15) is 10.2 Å². The Morgan fingerprint density at radius 1 is 1.31 bits per heavy atom. The van der Waals surface area contributed by atoms with Gasteiger partial charge in [-0.25, -0.2) is 18.6 Å². The van der Waals surface area contributed by atoms with Gasteiger partial charge in [-0.1, -0.05) is 22.0 Å². The number of benzene rings is 1. The third-order valence-electron chi connectivity index (χ3n) is 6.52. The van der Waals surface area contributed by atoms with Crippen molar-refractivity contribution in [1.29, 1.82) is 0 Å². The predicted octanol–water partition coefficient (Wildman–Crippen LogP) is 3.47. The molecule has 1 atom stereocenters. The molecule has 0 bridgehead atoms. The summed E-state index contributed by atoms with van der Waals surface area (Å²) in [5, 5.41) is 14.1. The number of hydrogen-bond acceptors (Lipinski definition) is 7. The highest BCUT2D eigenvalue weighted by Crippen LogP contribution is 2.41. The van der Waals surface area contributed by atoms with Gasteiger partial charge in [0.15, 0.2) is 15.4 Å². The molecular weight excluding hydrogens is 538 g/mol. The molecule has 4 rings (SSSR count). The molecule has 0 unspecified atom stereocenters. The van der Waals surface area contributed by atoms with E-state index >= 15 is 0 Å². The quantitative estimate of drug-likeness (QED) is 0.489. The number of sulfone groups is 1. The van der Waals surface area contributed by atoms with E-state index in [0.29, 0.717) is 40.2 Å². The lowest BCUT2D eigenvalue weighted by Gasteiger charge is -2.42. The van der Waals surface area contributed by atoms with E-state index in [1.165, 1.54) is 12.1 Å². The number of halogens is 1. The Bertz CT molecular complexity index is 1280. The number of amides is 2. The summed E-state index contributed by atoms with van der Waals surface area (Å²) in [5.74, 6) is 0.126. The van der Waals surface area contributed by atoms with Crippen molar-refractivity contribution in [1.82, 2.24) is 20.9 Å². The second kappa shape index (κ2) is 9.73. The molecule has 1 spiro atoms. The largest absolute Gasteiger partial charge is 0.435 e. The maximum Gasteiger partial charge on any atom is 0.428 e. The van der Waals surface area contributed by atoms with Crippen LogP contribution in [0.15, 0.2) is 38.7 Å². The average Bonchev–Trinajstić information content (AvgIpc) is 3.22. The van der Waals surface area contributed by atoms with E-state index in [0.717, 1.165) is 31.2 Å². The van der Waals surface area contributed by atoms with Crippen molar-refractivity contribution in [3.8, 4) is 0 Å². The van der Waals surface area contributed by atoms with Crippen LogP contribution in [0.1, 0.15) is 60.8 Å². The lowest BCUT2D eigenvalue weighted by Crippen LogP contribution is -2.52. The molecule has 2 aliphatic rings. The fourth-order valence-corrected chi connectivity index (χ4v) is 6.15. The van der Waals surface area contributed by atoms with Crippen LogP contribution in [0.5, 0.6) is 0 Å². The topological polar surface area (TPSA) is 143 Å². The molecule has 1 fully saturated rings. The van der Waals surface area contributed by atoms with Gasteiger partial charge in [0.05, 0.1) is 4.90 Å². The Kier molecular flexibility index (Phi) is 7.05. The summed E-state index contributed by atoms with van der Waals surface area (Å²) in [7, 11) is -3.37. The Hall–Kier alpha value is -2.73. The first-order chi connectivity index (χ1) is 16.5. The summed E-state index contributed by atoms with van der Waals surface area (Å²) < 4.78 is 30.2. The molecule has 3 N–H and O–H groups in total. The van der Waals surface area contributed by atoms with Crippen molar-refractivity contribution in [3.63, 3.8) is 0 Å². The zero-order chi connectivity index (χ0) is 25.4. The molecule has 0 radical (unpaired) electrons. The number of hydrogen-bond donors (Lipinski definition) is 3. The molecule has 1 aromatic heterocycles. The summed E-state index contributed by atoms with van der Waals surface area (Å²) in [6.07, 6.45) is 4.05. The molecule has 2 aromatic rings. The second-order valence-corrected chi connectivity index (χ2v) is 12.2. The molecule has 2 heterocycles. The molecule has 1 aromatic carbocycles. The SMILES string of the molecule is Cc1cc(C(=O)N[C@@H](C)CC2CCC3(CC2)OC(=O)NN=C3c2ccc(S(C)(=O)=O)cc2Br)n[nH]1. The van der Waals surface area contributed by atoms with Crippen LogP contribution < -0.4 is 10.7 Å². The Balaban J connectivity index is 1.45. The van der Waals surface area contributed by atoms with Crippen molar-refractivity contribution < 1.29 is 22.7 Å². The molecule has 0 saturated heterocycles. The van der Waals surface area contributed by atoms with Crippen LogP contribution in [0.25, 0.3) is 0 Å². The first-order valence-electron chi connectivity index (χ1n) is 11.4. The van der Waals surface area contributed by atoms with E-state index in [4.69, 9.17) is 4.74 Å². The maximum atomic E-state index is 12.4. The van der Waals surface area contributed by atoms with E-state index in [1.54, 1.807) is 12.1 Å². The van der Waals surface area contributed by atoms with E-state index in [9.17, 15) is 18.0 Å². The van der Waals surface area contributed by atoms with Gasteiger partial charge >= 0.3 is 6.09 Å².